The molecule has 0 aliphatic carbocycles. The molecule has 0 unspecified atom stereocenters. The van der Waals surface area contributed by atoms with Gasteiger partial charge in [-0.2, -0.15) is 15.4 Å². The van der Waals surface area contributed by atoms with E-state index in [0.29, 0.717) is 47.4 Å². The standard InChI is InChI=1S/C21H18N6O3/c1-30-19-12-18(22-15-6-3-2-5-14(15)19)21(29)27-10-4-9-26(27)20(28)13-7-8-16-17(11-13)24-25-23-16/h2-3,5-8,11-12H,4,9-10H2,1H3,(H,23,24,25). The second-order valence-electron chi connectivity index (χ2n) is 6.96. The van der Waals surface area contributed by atoms with Crippen LogP contribution in [0.15, 0.2) is 48.5 Å². The van der Waals surface area contributed by atoms with Crippen molar-refractivity contribution in [2.24, 2.45) is 0 Å². The van der Waals surface area contributed by atoms with Crippen molar-refractivity contribution in [3.8, 4) is 5.75 Å². The van der Waals surface area contributed by atoms with Crippen molar-refractivity contribution >= 4 is 33.8 Å². The molecule has 0 saturated carbocycles. The first-order chi connectivity index (χ1) is 14.7. The molecule has 3 heterocycles. The summed E-state index contributed by atoms with van der Waals surface area (Å²) in [5.41, 5.74) is 2.61. The van der Waals surface area contributed by atoms with Crippen LogP contribution in [-0.4, -0.2) is 62.4 Å². The molecule has 9 nitrogen and oxygen atoms in total. The molecule has 0 spiro atoms. The Balaban J connectivity index is 1.47. The SMILES string of the molecule is COc1cc(C(=O)N2CCCN2C(=O)c2ccc3n[nH]nc3c2)nc2ccccc12. The van der Waals surface area contributed by atoms with Gasteiger partial charge in [-0.1, -0.05) is 12.1 Å². The van der Waals surface area contributed by atoms with Crippen LogP contribution in [0.25, 0.3) is 21.9 Å². The molecule has 1 fully saturated rings. The second kappa shape index (κ2) is 7.11. The highest BCUT2D eigenvalue weighted by atomic mass is 16.5. The Kier molecular flexibility index (Phi) is 4.27. The largest absolute Gasteiger partial charge is 0.496 e. The van der Waals surface area contributed by atoms with E-state index in [1.54, 1.807) is 31.4 Å². The van der Waals surface area contributed by atoms with Gasteiger partial charge >= 0.3 is 0 Å². The van der Waals surface area contributed by atoms with Crippen LogP contribution in [0.3, 0.4) is 0 Å². The van der Waals surface area contributed by atoms with Gasteiger partial charge in [-0.25, -0.2) is 15.0 Å². The highest BCUT2D eigenvalue weighted by molar-refractivity contribution is 6.01. The number of carbonyl (C=O) groups excluding carboxylic acids is 2. The molecule has 2 aromatic carbocycles. The maximum Gasteiger partial charge on any atom is 0.291 e. The summed E-state index contributed by atoms with van der Waals surface area (Å²) in [6.07, 6.45) is 0.689. The van der Waals surface area contributed by atoms with Gasteiger partial charge < -0.3 is 4.74 Å². The van der Waals surface area contributed by atoms with Crippen molar-refractivity contribution in [3.63, 3.8) is 0 Å². The number of ether oxygens (including phenoxy) is 1. The minimum atomic E-state index is -0.340. The van der Waals surface area contributed by atoms with Crippen LogP contribution >= 0.6 is 0 Å². The number of para-hydroxylation sites is 1. The molecule has 1 saturated heterocycles. The molecule has 30 heavy (non-hydrogen) atoms. The quantitative estimate of drug-likeness (QED) is 0.564. The zero-order chi connectivity index (χ0) is 20.7. The fourth-order valence-electron chi connectivity index (χ4n) is 3.71. The van der Waals surface area contributed by atoms with Crippen LogP contribution in [0, 0.1) is 0 Å². The lowest BCUT2D eigenvalue weighted by atomic mass is 10.1. The number of aromatic nitrogens is 4. The van der Waals surface area contributed by atoms with Crippen molar-refractivity contribution in [1.82, 2.24) is 30.4 Å². The molecule has 0 atom stereocenters. The average Bonchev–Trinajstić information content (AvgIpc) is 3.46. The zero-order valence-electron chi connectivity index (χ0n) is 16.2. The van der Waals surface area contributed by atoms with Gasteiger partial charge in [-0.15, -0.1) is 0 Å². The van der Waals surface area contributed by atoms with E-state index in [1.807, 2.05) is 24.3 Å². The number of hydrogen-bond acceptors (Lipinski definition) is 6. The predicted molar refractivity (Wildman–Crippen MR) is 109 cm³/mol. The van der Waals surface area contributed by atoms with Gasteiger partial charge in [-0.05, 0) is 36.8 Å². The minimum absolute atomic E-state index is 0.234. The molecular formula is C21H18N6O3. The van der Waals surface area contributed by atoms with Gasteiger partial charge in [0, 0.05) is 30.1 Å². The number of H-pyrrole nitrogens is 1. The lowest BCUT2D eigenvalue weighted by Gasteiger charge is -2.27. The topological polar surface area (TPSA) is 104 Å². The third kappa shape index (κ3) is 2.91. The third-order valence-electron chi connectivity index (χ3n) is 5.18. The Hall–Kier alpha value is -4.01. The molecule has 4 aromatic rings. The van der Waals surface area contributed by atoms with Crippen molar-refractivity contribution in [2.45, 2.75) is 6.42 Å². The Morgan fingerprint density at radius 2 is 1.70 bits per heavy atom. The van der Waals surface area contributed by atoms with E-state index >= 15 is 0 Å². The van der Waals surface area contributed by atoms with E-state index in [-0.39, 0.29) is 17.5 Å². The van der Waals surface area contributed by atoms with E-state index in [0.717, 1.165) is 5.39 Å². The van der Waals surface area contributed by atoms with E-state index in [4.69, 9.17) is 4.74 Å². The summed E-state index contributed by atoms with van der Waals surface area (Å²) in [4.78, 5) is 30.9. The van der Waals surface area contributed by atoms with Crippen LogP contribution in [0.2, 0.25) is 0 Å². The molecule has 2 aromatic heterocycles. The fraction of sp³-hybridized carbons (Fsp3) is 0.190. The summed E-state index contributed by atoms with van der Waals surface area (Å²) in [6.45, 7) is 0.889. The summed E-state index contributed by atoms with van der Waals surface area (Å²) in [7, 11) is 1.56. The maximum atomic E-state index is 13.3. The van der Waals surface area contributed by atoms with E-state index in [1.165, 1.54) is 10.0 Å². The Morgan fingerprint density at radius 3 is 2.53 bits per heavy atom. The van der Waals surface area contributed by atoms with Gasteiger partial charge in [0.05, 0.1) is 12.6 Å². The number of hydrogen-bond donors (Lipinski definition) is 1. The molecule has 1 N–H and O–H groups in total. The van der Waals surface area contributed by atoms with Gasteiger partial charge in [0.2, 0.25) is 0 Å². The Labute approximate surface area is 171 Å². The van der Waals surface area contributed by atoms with Crippen LogP contribution in [0.5, 0.6) is 5.75 Å². The number of hydrazine groups is 1. The van der Waals surface area contributed by atoms with Gasteiger partial charge in [-0.3, -0.25) is 9.59 Å². The first-order valence-electron chi connectivity index (χ1n) is 9.53. The molecule has 1 aliphatic rings. The zero-order valence-corrected chi connectivity index (χ0v) is 16.2. The molecule has 0 bridgehead atoms. The number of benzene rings is 2. The monoisotopic (exact) mass is 402 g/mol. The van der Waals surface area contributed by atoms with Crippen molar-refractivity contribution in [3.05, 3.63) is 59.8 Å². The second-order valence-corrected chi connectivity index (χ2v) is 6.96. The van der Waals surface area contributed by atoms with Crippen LogP contribution < -0.4 is 4.74 Å². The number of rotatable bonds is 3. The fourth-order valence-corrected chi connectivity index (χ4v) is 3.71. The minimum Gasteiger partial charge on any atom is -0.496 e. The summed E-state index contributed by atoms with van der Waals surface area (Å²) in [5, 5.41) is 14.3. The number of nitrogens with zero attached hydrogens (tertiary/aromatic N) is 5. The molecule has 2 amide bonds. The first kappa shape index (κ1) is 18.0. The number of methoxy groups -OCH3 is 1. The lowest BCUT2D eigenvalue weighted by Crippen LogP contribution is -2.45. The molecule has 1 aliphatic heterocycles. The molecule has 5 rings (SSSR count). The van der Waals surface area contributed by atoms with Crippen LogP contribution in [-0.2, 0) is 0 Å². The van der Waals surface area contributed by atoms with Crippen molar-refractivity contribution < 1.29 is 14.3 Å². The van der Waals surface area contributed by atoms with E-state index in [9.17, 15) is 9.59 Å². The van der Waals surface area contributed by atoms with Gasteiger partial charge in [0.15, 0.2) is 0 Å². The lowest BCUT2D eigenvalue weighted by molar-refractivity contribution is 0.0182. The van der Waals surface area contributed by atoms with E-state index < -0.39 is 0 Å². The molecule has 150 valence electrons. The first-order valence-corrected chi connectivity index (χ1v) is 9.53. The van der Waals surface area contributed by atoms with Crippen molar-refractivity contribution in [1.29, 1.82) is 0 Å². The highest BCUT2D eigenvalue weighted by Crippen LogP contribution is 2.27. The van der Waals surface area contributed by atoms with Crippen molar-refractivity contribution in [2.75, 3.05) is 20.2 Å². The number of fused-ring (bicyclic) bond motifs is 2. The van der Waals surface area contributed by atoms with E-state index in [2.05, 4.69) is 20.4 Å². The highest BCUT2D eigenvalue weighted by Gasteiger charge is 2.33. The number of aromatic amines is 1. The van der Waals surface area contributed by atoms with Crippen LogP contribution in [0.1, 0.15) is 27.3 Å². The maximum absolute atomic E-state index is 13.3. The predicted octanol–water partition coefficient (Wildman–Crippen LogP) is 2.42. The number of pyridine rings is 1. The molecular weight excluding hydrogens is 384 g/mol. The normalized spacial score (nSPS) is 13.9. The summed E-state index contributed by atoms with van der Waals surface area (Å²) in [5.74, 6) is -0.0385. The Bertz CT molecular complexity index is 1280. The smallest absolute Gasteiger partial charge is 0.291 e. The number of carbonyl (C=O) groups is 2. The summed E-state index contributed by atoms with van der Waals surface area (Å²) < 4.78 is 5.45. The average molecular weight is 402 g/mol. The Morgan fingerprint density at radius 1 is 0.933 bits per heavy atom. The third-order valence-corrected chi connectivity index (χ3v) is 5.18. The van der Waals surface area contributed by atoms with Gasteiger partial charge in [0.25, 0.3) is 11.8 Å². The molecule has 0 radical (unpaired) electrons. The summed E-state index contributed by atoms with van der Waals surface area (Å²) >= 11 is 0. The molecule has 9 heteroatoms. The summed E-state index contributed by atoms with van der Waals surface area (Å²) in [6, 6.07) is 14.2. The van der Waals surface area contributed by atoms with Crippen LogP contribution in [0.4, 0.5) is 0 Å². The van der Waals surface area contributed by atoms with Gasteiger partial charge in [0.1, 0.15) is 22.5 Å². The number of nitrogens with one attached hydrogen (secondary N) is 1. The number of amides is 2.